The number of carbonyl (C=O) groups is 1. The van der Waals surface area contributed by atoms with E-state index in [4.69, 9.17) is 4.74 Å². The number of esters is 1. The van der Waals surface area contributed by atoms with Crippen LogP contribution in [0.25, 0.3) is 0 Å². The minimum atomic E-state index is -2.92. The maximum atomic E-state index is 14.2. The van der Waals surface area contributed by atoms with E-state index in [1.807, 2.05) is 24.2 Å². The largest absolute Gasteiger partial charge is 1.00 e. The first-order valence-electron chi connectivity index (χ1n) is 12.0. The van der Waals surface area contributed by atoms with Crippen LogP contribution in [0.15, 0.2) is 67.0 Å². The Labute approximate surface area is 220 Å². The lowest BCUT2D eigenvalue weighted by Crippen LogP contribution is -3.00. The summed E-state index contributed by atoms with van der Waals surface area (Å²) in [5.41, 5.74) is -0.896. The molecule has 1 fully saturated rings. The highest BCUT2D eigenvalue weighted by molar-refractivity contribution is 5.81. The molecular weight excluding hydrogens is 537 g/mol. The van der Waals surface area contributed by atoms with Crippen molar-refractivity contribution in [3.05, 3.63) is 83.9 Å². The van der Waals surface area contributed by atoms with Crippen LogP contribution >= 0.6 is 0 Å². The van der Waals surface area contributed by atoms with E-state index < -0.39 is 29.8 Å². The van der Waals surface area contributed by atoms with Crippen LogP contribution in [0.3, 0.4) is 0 Å². The second kappa shape index (κ2) is 11.7. The molecule has 9 heteroatoms. The lowest BCUT2D eigenvalue weighted by Gasteiger charge is -2.39. The molecule has 2 aliphatic rings. The molecule has 2 aromatic carbocycles. The summed E-state index contributed by atoms with van der Waals surface area (Å²) < 4.78 is 47.0. The summed E-state index contributed by atoms with van der Waals surface area (Å²) >= 11 is 0. The number of hydrogen-bond acceptors (Lipinski definition) is 5. The van der Waals surface area contributed by atoms with Crippen molar-refractivity contribution in [3.8, 4) is 0 Å². The molecule has 0 aromatic heterocycles. The molecule has 0 radical (unpaired) electrons. The molecule has 1 aliphatic heterocycles. The molecule has 2 aromatic rings. The summed E-state index contributed by atoms with van der Waals surface area (Å²) in [6, 6.07) is 14.5. The summed E-state index contributed by atoms with van der Waals surface area (Å²) in [5, 5.41) is 11.5. The van der Waals surface area contributed by atoms with Gasteiger partial charge < -0.3 is 36.6 Å². The summed E-state index contributed by atoms with van der Waals surface area (Å²) in [4.78, 5) is 17.2. The molecule has 0 amide bonds. The van der Waals surface area contributed by atoms with Crippen LogP contribution < -0.4 is 17.0 Å². The maximum Gasteiger partial charge on any atom is 0.343 e. The molecule has 36 heavy (non-hydrogen) atoms. The van der Waals surface area contributed by atoms with Gasteiger partial charge in [0.05, 0.1) is 12.7 Å². The molecule has 1 saturated carbocycles. The van der Waals surface area contributed by atoms with Crippen LogP contribution in [0.5, 0.6) is 0 Å². The van der Waals surface area contributed by atoms with Gasteiger partial charge in [-0.2, -0.15) is 0 Å². The van der Waals surface area contributed by atoms with E-state index in [0.717, 1.165) is 5.56 Å². The average molecular weight is 568 g/mol. The van der Waals surface area contributed by atoms with E-state index in [9.17, 15) is 23.1 Å². The minimum Gasteiger partial charge on any atom is -1.00 e. The number of benzene rings is 2. The third-order valence-corrected chi connectivity index (χ3v) is 7.03. The van der Waals surface area contributed by atoms with E-state index >= 15 is 0 Å². The SMILES string of the molecule is CC1N(CCOC(=O)[C@](O)(c2ccccc2)[C@H]2CCCC(F)(F)C2)C=CN1Cc1ccc(F)cc1.[Br-]. The van der Waals surface area contributed by atoms with Crippen LogP contribution in [-0.4, -0.2) is 46.1 Å². The summed E-state index contributed by atoms with van der Waals surface area (Å²) in [5.74, 6) is -5.03. The fourth-order valence-corrected chi connectivity index (χ4v) is 4.95. The van der Waals surface area contributed by atoms with E-state index in [1.54, 1.807) is 42.5 Å². The Bertz CT molecular complexity index is 1040. The highest BCUT2D eigenvalue weighted by atomic mass is 79.9. The number of halogens is 4. The Balaban J connectivity index is 0.00000361. The average Bonchev–Trinajstić information content (AvgIpc) is 3.18. The molecule has 1 aliphatic carbocycles. The predicted octanol–water partition coefficient (Wildman–Crippen LogP) is 2.02. The van der Waals surface area contributed by atoms with E-state index in [-0.39, 0.29) is 54.0 Å². The third-order valence-electron chi connectivity index (χ3n) is 7.03. The molecule has 3 atom stereocenters. The van der Waals surface area contributed by atoms with Gasteiger partial charge in [0.25, 0.3) is 0 Å². The van der Waals surface area contributed by atoms with Gasteiger partial charge in [0.2, 0.25) is 5.92 Å². The zero-order chi connectivity index (χ0) is 25.1. The standard InChI is InChI=1S/C27H31F3N2O3.BrH/c1-20-31(14-15-32(20)19-21-9-11-24(28)12-10-21)16-17-35-25(33)27(34,22-6-3-2-4-7-22)23-8-5-13-26(29,30)18-23;/h2-4,6-7,9-12,14-15,20,23,34H,5,8,13,16-19H2,1H3;1H/p-1/t20?,23-,27-;/m0./s1. The Kier molecular flexibility index (Phi) is 9.11. The lowest BCUT2D eigenvalue weighted by atomic mass is 9.72. The lowest BCUT2D eigenvalue weighted by molar-refractivity contribution is -0.182. The highest BCUT2D eigenvalue weighted by Gasteiger charge is 2.52. The fourth-order valence-electron chi connectivity index (χ4n) is 4.95. The highest BCUT2D eigenvalue weighted by Crippen LogP contribution is 2.45. The molecule has 0 spiro atoms. The number of ether oxygens (including phenoxy) is 1. The van der Waals surface area contributed by atoms with Crippen molar-refractivity contribution >= 4 is 5.97 Å². The Morgan fingerprint density at radius 1 is 1.11 bits per heavy atom. The summed E-state index contributed by atoms with van der Waals surface area (Å²) in [6.45, 7) is 2.96. The van der Waals surface area contributed by atoms with Gasteiger partial charge in [0.1, 0.15) is 12.4 Å². The van der Waals surface area contributed by atoms with Gasteiger partial charge in [-0.1, -0.05) is 42.5 Å². The molecular formula is C27H31BrF3N2O3-. The first-order valence-corrected chi connectivity index (χ1v) is 12.0. The van der Waals surface area contributed by atoms with Crippen LogP contribution in [-0.2, 0) is 21.7 Å². The molecule has 0 saturated heterocycles. The Morgan fingerprint density at radius 3 is 2.44 bits per heavy atom. The molecule has 1 heterocycles. The number of aliphatic hydroxyl groups is 1. The maximum absolute atomic E-state index is 14.2. The van der Waals surface area contributed by atoms with Gasteiger partial charge in [0, 0.05) is 37.7 Å². The smallest absolute Gasteiger partial charge is 0.343 e. The van der Waals surface area contributed by atoms with Crippen LogP contribution in [0, 0.1) is 11.7 Å². The van der Waals surface area contributed by atoms with Gasteiger partial charge in [-0.15, -0.1) is 0 Å². The van der Waals surface area contributed by atoms with Crippen molar-refractivity contribution in [2.45, 2.75) is 56.8 Å². The third kappa shape index (κ3) is 6.24. The second-order valence-electron chi connectivity index (χ2n) is 9.38. The van der Waals surface area contributed by atoms with E-state index in [1.165, 1.54) is 12.1 Å². The Hall–Kier alpha value is -2.52. The van der Waals surface area contributed by atoms with Gasteiger partial charge in [-0.05, 0) is 43.0 Å². The molecule has 1 unspecified atom stereocenters. The van der Waals surface area contributed by atoms with Crippen LogP contribution in [0.4, 0.5) is 13.2 Å². The van der Waals surface area contributed by atoms with Crippen molar-refractivity contribution in [2.24, 2.45) is 5.92 Å². The number of alkyl halides is 2. The zero-order valence-corrected chi connectivity index (χ0v) is 21.7. The fraction of sp³-hybridized carbons (Fsp3) is 0.444. The monoisotopic (exact) mass is 567 g/mol. The molecule has 5 nitrogen and oxygen atoms in total. The molecule has 1 N–H and O–H groups in total. The Morgan fingerprint density at radius 2 is 1.78 bits per heavy atom. The van der Waals surface area contributed by atoms with E-state index in [2.05, 4.69) is 4.90 Å². The van der Waals surface area contributed by atoms with Crippen LogP contribution in [0.1, 0.15) is 43.7 Å². The van der Waals surface area contributed by atoms with Crippen molar-refractivity contribution in [2.75, 3.05) is 13.2 Å². The normalized spacial score (nSPS) is 22.6. The number of nitrogens with zero attached hydrogens (tertiary/aromatic N) is 2. The van der Waals surface area contributed by atoms with Gasteiger partial charge in [-0.3, -0.25) is 0 Å². The van der Waals surface area contributed by atoms with Crippen molar-refractivity contribution < 1.29 is 44.8 Å². The topological polar surface area (TPSA) is 53.0 Å². The first-order chi connectivity index (χ1) is 16.7. The number of rotatable bonds is 8. The quantitative estimate of drug-likeness (QED) is 0.495. The number of hydrogen-bond donors (Lipinski definition) is 1. The van der Waals surface area contributed by atoms with E-state index in [0.29, 0.717) is 19.5 Å². The summed E-state index contributed by atoms with van der Waals surface area (Å²) in [7, 11) is 0. The van der Waals surface area contributed by atoms with Gasteiger partial charge in [0.15, 0.2) is 5.60 Å². The first kappa shape index (κ1) is 28.1. The van der Waals surface area contributed by atoms with Crippen molar-refractivity contribution in [1.82, 2.24) is 9.80 Å². The zero-order valence-electron chi connectivity index (χ0n) is 20.1. The summed E-state index contributed by atoms with van der Waals surface area (Å²) in [6.07, 6.45) is 3.53. The van der Waals surface area contributed by atoms with Crippen molar-refractivity contribution in [3.63, 3.8) is 0 Å². The van der Waals surface area contributed by atoms with Gasteiger partial charge in [-0.25, -0.2) is 18.0 Å². The molecule has 196 valence electrons. The van der Waals surface area contributed by atoms with Crippen molar-refractivity contribution in [1.29, 1.82) is 0 Å². The van der Waals surface area contributed by atoms with Crippen LogP contribution in [0.2, 0.25) is 0 Å². The van der Waals surface area contributed by atoms with Gasteiger partial charge >= 0.3 is 5.97 Å². The minimum absolute atomic E-state index is 0. The molecule has 0 bridgehead atoms. The number of carbonyl (C=O) groups excluding carboxylic acids is 1. The molecule has 4 rings (SSSR count). The second-order valence-corrected chi connectivity index (χ2v) is 9.38. The predicted molar refractivity (Wildman–Crippen MR) is 125 cm³/mol.